The van der Waals surface area contributed by atoms with Gasteiger partial charge in [0.15, 0.2) is 0 Å². The summed E-state index contributed by atoms with van der Waals surface area (Å²) in [5.41, 5.74) is 5.43. The quantitative estimate of drug-likeness (QED) is 0.755. The number of hydrogen-bond donors (Lipinski definition) is 1. The van der Waals surface area contributed by atoms with E-state index in [1.165, 1.54) is 0 Å². The highest BCUT2D eigenvalue weighted by molar-refractivity contribution is 6.05. The van der Waals surface area contributed by atoms with Gasteiger partial charge in [0.25, 0.3) is 0 Å². The Hall–Kier alpha value is -2.63. The van der Waals surface area contributed by atoms with Crippen LogP contribution in [0.1, 0.15) is 44.5 Å². The lowest BCUT2D eigenvalue weighted by atomic mass is 10.0. The summed E-state index contributed by atoms with van der Waals surface area (Å²) in [4.78, 5) is 22.2. The van der Waals surface area contributed by atoms with E-state index < -0.39 is 0 Å². The van der Waals surface area contributed by atoms with E-state index in [4.69, 9.17) is 4.52 Å². The van der Waals surface area contributed by atoms with E-state index in [9.17, 15) is 4.79 Å². The number of nitrogens with one attached hydrogen (secondary N) is 1. The molecular weight excluding hydrogens is 316 g/mol. The van der Waals surface area contributed by atoms with Gasteiger partial charge in [-0.15, -0.1) is 0 Å². The van der Waals surface area contributed by atoms with Crippen molar-refractivity contribution >= 4 is 22.6 Å². The van der Waals surface area contributed by atoms with Crippen LogP contribution in [-0.4, -0.2) is 27.1 Å². The molecule has 3 heterocycles. The number of nitrogens with zero attached hydrogens (tertiary/aromatic N) is 3. The van der Waals surface area contributed by atoms with Crippen molar-refractivity contribution in [2.75, 3.05) is 4.90 Å². The van der Waals surface area contributed by atoms with Gasteiger partial charge < -0.3 is 14.4 Å². The number of anilines is 1. The van der Waals surface area contributed by atoms with Gasteiger partial charge in [0.1, 0.15) is 17.1 Å². The molecule has 0 radical (unpaired) electrons. The highest BCUT2D eigenvalue weighted by atomic mass is 16.5. The Bertz CT molecular complexity index is 934. The van der Waals surface area contributed by atoms with Crippen LogP contribution >= 0.6 is 0 Å². The number of carbonyl (C=O) groups is 1. The molecule has 132 valence electrons. The Balaban J connectivity index is 0.00000182. The maximum atomic E-state index is 12.4. The molecule has 6 heteroatoms. The van der Waals surface area contributed by atoms with Gasteiger partial charge in [-0.1, -0.05) is 12.6 Å². The Labute approximate surface area is 147 Å². The third-order valence-electron chi connectivity index (χ3n) is 4.75. The number of hydrogen-bond acceptors (Lipinski definition) is 4. The Morgan fingerprint density at radius 3 is 2.64 bits per heavy atom. The van der Waals surface area contributed by atoms with Gasteiger partial charge in [-0.2, -0.15) is 0 Å². The van der Waals surface area contributed by atoms with Crippen molar-refractivity contribution in [2.45, 2.75) is 54.0 Å². The highest BCUT2D eigenvalue weighted by Gasteiger charge is 2.31. The Kier molecular flexibility index (Phi) is 4.14. The molecule has 1 aliphatic rings. The van der Waals surface area contributed by atoms with Crippen molar-refractivity contribution in [3.8, 4) is 11.1 Å². The molecule has 2 aromatic heterocycles. The first-order valence-corrected chi connectivity index (χ1v) is 8.21. The van der Waals surface area contributed by atoms with Gasteiger partial charge in [-0.3, -0.25) is 4.79 Å². The fourth-order valence-electron chi connectivity index (χ4n) is 3.65. The van der Waals surface area contributed by atoms with E-state index in [0.29, 0.717) is 6.42 Å². The van der Waals surface area contributed by atoms with Gasteiger partial charge in [-0.05, 0) is 51.8 Å². The van der Waals surface area contributed by atoms with E-state index in [-0.39, 0.29) is 19.4 Å². The summed E-state index contributed by atoms with van der Waals surface area (Å²) in [6, 6.07) is 4.27. The number of imidazole rings is 1. The summed E-state index contributed by atoms with van der Waals surface area (Å²) in [6.45, 7) is 7.84. The number of carbonyl (C=O) groups excluding carboxylic acids is 1. The molecule has 0 bridgehead atoms. The molecule has 0 spiro atoms. The maximum absolute atomic E-state index is 12.4. The molecule has 1 N–H and O–H groups in total. The average Bonchev–Trinajstić information content (AvgIpc) is 3.16. The van der Waals surface area contributed by atoms with Crippen LogP contribution in [0.4, 0.5) is 5.69 Å². The van der Waals surface area contributed by atoms with Crippen LogP contribution in [0.3, 0.4) is 0 Å². The van der Waals surface area contributed by atoms with E-state index in [0.717, 1.165) is 51.5 Å². The van der Waals surface area contributed by atoms with Gasteiger partial charge in [0, 0.05) is 18.0 Å². The summed E-state index contributed by atoms with van der Waals surface area (Å²) >= 11 is 0. The number of fused-ring (bicyclic) bond motifs is 1. The van der Waals surface area contributed by atoms with Crippen LogP contribution in [0.5, 0.6) is 0 Å². The lowest BCUT2D eigenvalue weighted by Crippen LogP contribution is -2.30. The molecule has 4 rings (SSSR count). The standard InChI is InChI=1S/C18H20N4O2.CH4/c1-9-5-6-16(23)22(9)15-8-13(17-10(2)21-24-11(17)3)7-14-18(15)20-12(4)19-14;/h7-9H,5-6H2,1-4H3,(H,19,20);1H4. The molecule has 25 heavy (non-hydrogen) atoms. The fourth-order valence-corrected chi connectivity index (χ4v) is 3.65. The number of rotatable bonds is 2. The monoisotopic (exact) mass is 340 g/mol. The second kappa shape index (κ2) is 6.02. The number of H-pyrrole nitrogens is 1. The Morgan fingerprint density at radius 1 is 1.28 bits per heavy atom. The van der Waals surface area contributed by atoms with Gasteiger partial charge in [-0.25, -0.2) is 4.98 Å². The van der Waals surface area contributed by atoms with Crippen LogP contribution < -0.4 is 4.90 Å². The molecule has 6 nitrogen and oxygen atoms in total. The van der Waals surface area contributed by atoms with Gasteiger partial charge in [0.2, 0.25) is 5.91 Å². The molecule has 1 aromatic carbocycles. The van der Waals surface area contributed by atoms with Crippen molar-refractivity contribution in [1.82, 2.24) is 15.1 Å². The number of aromatic nitrogens is 3. The van der Waals surface area contributed by atoms with Crippen LogP contribution in [-0.2, 0) is 4.79 Å². The van der Waals surface area contributed by atoms with E-state index in [1.807, 2.05) is 31.7 Å². The molecule has 1 atom stereocenters. The molecule has 1 amide bonds. The minimum Gasteiger partial charge on any atom is -0.361 e. The number of amides is 1. The number of aryl methyl sites for hydroxylation is 3. The summed E-state index contributed by atoms with van der Waals surface area (Å²) in [6.07, 6.45) is 1.46. The first-order chi connectivity index (χ1) is 11.5. The van der Waals surface area contributed by atoms with Crippen LogP contribution in [0, 0.1) is 20.8 Å². The average molecular weight is 340 g/mol. The second-order valence-corrected chi connectivity index (χ2v) is 6.56. The largest absolute Gasteiger partial charge is 0.361 e. The topological polar surface area (TPSA) is 75.0 Å². The predicted octanol–water partition coefficient (Wildman–Crippen LogP) is 4.29. The second-order valence-electron chi connectivity index (χ2n) is 6.56. The van der Waals surface area contributed by atoms with Crippen molar-refractivity contribution in [2.24, 2.45) is 0 Å². The SMILES string of the molecule is C.Cc1nc2c(N3C(=O)CCC3C)cc(-c3c(C)noc3C)cc2[nH]1. The summed E-state index contributed by atoms with van der Waals surface area (Å²) in [7, 11) is 0. The van der Waals surface area contributed by atoms with Crippen LogP contribution in [0.15, 0.2) is 16.7 Å². The molecule has 1 unspecified atom stereocenters. The zero-order chi connectivity index (χ0) is 17.0. The van der Waals surface area contributed by atoms with Crippen molar-refractivity contribution in [3.63, 3.8) is 0 Å². The third kappa shape index (κ3) is 2.62. The molecular formula is C19H24N4O2. The van der Waals surface area contributed by atoms with E-state index in [2.05, 4.69) is 28.1 Å². The van der Waals surface area contributed by atoms with Crippen LogP contribution in [0.2, 0.25) is 0 Å². The summed E-state index contributed by atoms with van der Waals surface area (Å²) in [5, 5.41) is 4.05. The van der Waals surface area contributed by atoms with E-state index in [1.54, 1.807) is 0 Å². The molecule has 0 saturated carbocycles. The van der Waals surface area contributed by atoms with E-state index >= 15 is 0 Å². The van der Waals surface area contributed by atoms with Crippen LogP contribution in [0.25, 0.3) is 22.2 Å². The smallest absolute Gasteiger partial charge is 0.227 e. The van der Waals surface area contributed by atoms with Crippen molar-refractivity contribution < 1.29 is 9.32 Å². The minimum absolute atomic E-state index is 0. The molecule has 3 aromatic rings. The lowest BCUT2D eigenvalue weighted by molar-refractivity contribution is -0.117. The minimum atomic E-state index is 0. The van der Waals surface area contributed by atoms with Gasteiger partial charge >= 0.3 is 0 Å². The fraction of sp³-hybridized carbons (Fsp3) is 0.421. The number of benzene rings is 1. The lowest BCUT2D eigenvalue weighted by Gasteiger charge is -2.23. The molecule has 1 aliphatic heterocycles. The molecule has 1 saturated heterocycles. The van der Waals surface area contributed by atoms with Gasteiger partial charge in [0.05, 0.1) is 16.9 Å². The number of aromatic amines is 1. The maximum Gasteiger partial charge on any atom is 0.227 e. The molecule has 0 aliphatic carbocycles. The zero-order valence-corrected chi connectivity index (χ0v) is 14.3. The normalized spacial score (nSPS) is 17.4. The first kappa shape index (κ1) is 17.2. The van der Waals surface area contributed by atoms with Crippen molar-refractivity contribution in [3.05, 3.63) is 29.4 Å². The highest BCUT2D eigenvalue weighted by Crippen LogP contribution is 2.37. The summed E-state index contributed by atoms with van der Waals surface area (Å²) in [5.74, 6) is 1.76. The predicted molar refractivity (Wildman–Crippen MR) is 98.7 cm³/mol. The Morgan fingerprint density at radius 2 is 2.04 bits per heavy atom. The zero-order valence-electron chi connectivity index (χ0n) is 14.3. The molecule has 1 fully saturated rings. The summed E-state index contributed by atoms with van der Waals surface area (Å²) < 4.78 is 5.32. The first-order valence-electron chi connectivity index (χ1n) is 8.21. The van der Waals surface area contributed by atoms with Crippen molar-refractivity contribution in [1.29, 1.82) is 0 Å². The third-order valence-corrected chi connectivity index (χ3v) is 4.75.